The van der Waals surface area contributed by atoms with Crippen molar-refractivity contribution in [3.63, 3.8) is 0 Å². The van der Waals surface area contributed by atoms with Gasteiger partial charge in [0.25, 0.3) is 5.91 Å². The highest BCUT2D eigenvalue weighted by molar-refractivity contribution is 5.94. The Kier molecular flexibility index (Phi) is 4.97. The van der Waals surface area contributed by atoms with Crippen LogP contribution in [0.15, 0.2) is 55.1 Å². The van der Waals surface area contributed by atoms with Crippen molar-refractivity contribution in [3.05, 3.63) is 71.8 Å². The number of ether oxygens (including phenoxy) is 1. The van der Waals surface area contributed by atoms with Gasteiger partial charge in [0.05, 0.1) is 6.04 Å². The molecule has 2 heterocycles. The maximum Gasteiger partial charge on any atom is 0.298 e. The molecule has 1 amide bonds. The Balaban J connectivity index is 1.37. The van der Waals surface area contributed by atoms with Gasteiger partial charge in [-0.3, -0.25) is 9.69 Å². The summed E-state index contributed by atoms with van der Waals surface area (Å²) in [6.07, 6.45) is 5.58. The normalized spacial score (nSPS) is 30.4. The Morgan fingerprint density at radius 2 is 2.12 bits per heavy atom. The smallest absolute Gasteiger partial charge is 0.298 e. The van der Waals surface area contributed by atoms with Crippen LogP contribution in [0.5, 0.6) is 11.5 Å². The van der Waals surface area contributed by atoms with Crippen LogP contribution in [-0.2, 0) is 16.6 Å². The number of nitrogens with zero attached hydrogens (tertiary/aromatic N) is 2. The number of piperidine rings is 1. The molecular weight excluding hydrogens is 424 g/mol. The molecule has 1 spiro atoms. The summed E-state index contributed by atoms with van der Waals surface area (Å²) in [7, 11) is 1.86. The molecule has 2 fully saturated rings. The first-order valence-corrected chi connectivity index (χ1v) is 12.3. The molecule has 1 saturated heterocycles. The summed E-state index contributed by atoms with van der Waals surface area (Å²) in [6, 6.07) is 13.6. The summed E-state index contributed by atoms with van der Waals surface area (Å²) in [5, 5.41) is 10.8. The van der Waals surface area contributed by atoms with Crippen LogP contribution in [0.25, 0.3) is 0 Å². The van der Waals surface area contributed by atoms with Gasteiger partial charge in [0, 0.05) is 47.7 Å². The third kappa shape index (κ3) is 2.95. The fourth-order valence-corrected chi connectivity index (χ4v) is 7.29. The van der Waals surface area contributed by atoms with E-state index in [2.05, 4.69) is 23.3 Å². The molecule has 34 heavy (non-hydrogen) atoms. The van der Waals surface area contributed by atoms with E-state index in [0.717, 1.165) is 55.6 Å². The summed E-state index contributed by atoms with van der Waals surface area (Å²) in [5.74, 6) is 7.37. The number of benzene rings is 2. The van der Waals surface area contributed by atoms with Crippen LogP contribution < -0.4 is 4.74 Å². The minimum Gasteiger partial charge on any atom is -0.508 e. The second kappa shape index (κ2) is 7.92. The monoisotopic (exact) mass is 454 g/mol. The minimum atomic E-state index is -0.178. The van der Waals surface area contributed by atoms with E-state index in [1.54, 1.807) is 11.0 Å². The Morgan fingerprint density at radius 1 is 1.29 bits per heavy atom. The average Bonchev–Trinajstić information content (AvgIpc) is 3.19. The number of likely N-dealkylation sites (N-methyl/N-ethyl adjacent to an activating group) is 1. The molecule has 4 aliphatic rings. The van der Waals surface area contributed by atoms with E-state index in [1.807, 2.05) is 49.5 Å². The van der Waals surface area contributed by atoms with Gasteiger partial charge in [-0.25, -0.2) is 0 Å². The highest BCUT2D eigenvalue weighted by Crippen LogP contribution is 2.63. The molecule has 1 saturated carbocycles. The lowest BCUT2D eigenvalue weighted by atomic mass is 9.51. The summed E-state index contributed by atoms with van der Waals surface area (Å²) in [4.78, 5) is 17.5. The molecule has 0 radical (unpaired) electrons. The average molecular weight is 455 g/mol. The predicted octanol–water partition coefficient (Wildman–Crippen LogP) is 3.50. The molecule has 0 aromatic heterocycles. The lowest BCUT2D eigenvalue weighted by Crippen LogP contribution is -2.68. The van der Waals surface area contributed by atoms with Gasteiger partial charge in [-0.15, -0.1) is 6.58 Å². The van der Waals surface area contributed by atoms with Crippen molar-refractivity contribution >= 4 is 5.91 Å². The van der Waals surface area contributed by atoms with Crippen molar-refractivity contribution < 1.29 is 14.6 Å². The first kappa shape index (κ1) is 21.3. The molecule has 5 heteroatoms. The SMILES string of the molecule is C=CCN1CC[C@@]23c4c5ccc(O)c4C[C@@H]1[C@@H]2CC[C@H](N(C)C(=O)C#Cc1ccccc1)[C@@H]3O5. The quantitative estimate of drug-likeness (QED) is 0.570. The first-order valence-electron chi connectivity index (χ1n) is 12.3. The number of hydrogen-bond donors (Lipinski definition) is 1. The van der Waals surface area contributed by atoms with Gasteiger partial charge in [-0.1, -0.05) is 30.2 Å². The molecule has 5 atom stereocenters. The van der Waals surface area contributed by atoms with Crippen LogP contribution >= 0.6 is 0 Å². The Morgan fingerprint density at radius 3 is 2.91 bits per heavy atom. The van der Waals surface area contributed by atoms with E-state index < -0.39 is 0 Å². The lowest BCUT2D eigenvalue weighted by molar-refractivity contribution is -0.134. The number of rotatable bonds is 3. The zero-order valence-electron chi connectivity index (χ0n) is 19.5. The van der Waals surface area contributed by atoms with Gasteiger partial charge in [-0.05, 0) is 62.4 Å². The number of carbonyl (C=O) groups excluding carboxylic acids is 1. The number of amides is 1. The Bertz CT molecular complexity index is 1210. The van der Waals surface area contributed by atoms with Gasteiger partial charge in [0.15, 0.2) is 0 Å². The van der Waals surface area contributed by atoms with E-state index in [9.17, 15) is 9.90 Å². The van der Waals surface area contributed by atoms with Crippen molar-refractivity contribution in [2.45, 2.75) is 49.3 Å². The highest BCUT2D eigenvalue weighted by Gasteiger charge is 2.66. The van der Waals surface area contributed by atoms with Gasteiger partial charge in [0.1, 0.15) is 17.6 Å². The molecule has 5 nitrogen and oxygen atoms in total. The van der Waals surface area contributed by atoms with Gasteiger partial charge < -0.3 is 14.7 Å². The van der Waals surface area contributed by atoms with Gasteiger partial charge in [0.2, 0.25) is 0 Å². The van der Waals surface area contributed by atoms with Crippen molar-refractivity contribution in [2.24, 2.45) is 5.92 Å². The maximum absolute atomic E-state index is 13.1. The van der Waals surface area contributed by atoms with E-state index >= 15 is 0 Å². The molecule has 1 N–H and O–H groups in total. The summed E-state index contributed by atoms with van der Waals surface area (Å²) >= 11 is 0. The number of phenolic OH excluding ortho intramolecular Hbond substituents is 1. The van der Waals surface area contributed by atoms with Crippen LogP contribution in [0.1, 0.15) is 36.0 Å². The second-order valence-corrected chi connectivity index (χ2v) is 10.1. The number of aromatic hydroxyl groups is 1. The van der Waals surface area contributed by atoms with E-state index in [-0.39, 0.29) is 23.5 Å². The molecule has 0 unspecified atom stereocenters. The molecule has 6 rings (SSSR count). The molecule has 2 aliphatic carbocycles. The van der Waals surface area contributed by atoms with Gasteiger partial charge >= 0.3 is 0 Å². The number of hydrogen-bond acceptors (Lipinski definition) is 4. The maximum atomic E-state index is 13.1. The van der Waals surface area contributed by atoms with Crippen LogP contribution in [0.3, 0.4) is 0 Å². The van der Waals surface area contributed by atoms with Crippen LogP contribution in [0.4, 0.5) is 0 Å². The second-order valence-electron chi connectivity index (χ2n) is 10.1. The van der Waals surface area contributed by atoms with E-state index in [1.165, 1.54) is 5.56 Å². The fourth-order valence-electron chi connectivity index (χ4n) is 7.29. The molecule has 174 valence electrons. The molecule has 2 aromatic carbocycles. The topological polar surface area (TPSA) is 53.0 Å². The third-order valence-corrected chi connectivity index (χ3v) is 8.69. The zero-order valence-corrected chi connectivity index (χ0v) is 19.5. The summed E-state index contributed by atoms with van der Waals surface area (Å²) < 4.78 is 6.68. The minimum absolute atomic E-state index is 0.0547. The predicted molar refractivity (Wildman–Crippen MR) is 131 cm³/mol. The molecule has 2 aliphatic heterocycles. The van der Waals surface area contributed by atoms with Crippen molar-refractivity contribution in [1.29, 1.82) is 0 Å². The molecule has 2 bridgehead atoms. The molecule has 2 aromatic rings. The van der Waals surface area contributed by atoms with Crippen LogP contribution in [-0.4, -0.2) is 59.1 Å². The first-order chi connectivity index (χ1) is 16.5. The fraction of sp³-hybridized carbons (Fsp3) is 0.414. The number of carbonyl (C=O) groups is 1. The zero-order chi connectivity index (χ0) is 23.4. The van der Waals surface area contributed by atoms with Crippen molar-refractivity contribution in [2.75, 3.05) is 20.1 Å². The van der Waals surface area contributed by atoms with Crippen LogP contribution in [0.2, 0.25) is 0 Å². The standard InChI is InChI=1S/C29H30N2O3/c1-3-16-31-17-15-29-21-10-11-22(30(2)26(33)14-9-19-7-5-4-6-8-19)28(29)34-25-13-12-24(32)20(27(25)29)18-23(21)31/h3-8,12-13,21-23,28,32H,1,10-11,15-18H2,2H3/t21-,22-,23+,28-,29-/m0/s1. The van der Waals surface area contributed by atoms with E-state index in [0.29, 0.717) is 17.7 Å². The summed E-state index contributed by atoms with van der Waals surface area (Å²) in [6.45, 7) is 5.80. The largest absolute Gasteiger partial charge is 0.508 e. The third-order valence-electron chi connectivity index (χ3n) is 8.69. The Hall–Kier alpha value is -3.23. The lowest BCUT2D eigenvalue weighted by Gasteiger charge is -2.60. The van der Waals surface area contributed by atoms with E-state index in [4.69, 9.17) is 4.74 Å². The summed E-state index contributed by atoms with van der Waals surface area (Å²) in [5.41, 5.74) is 2.90. The van der Waals surface area contributed by atoms with Gasteiger partial charge in [-0.2, -0.15) is 0 Å². The highest BCUT2D eigenvalue weighted by atomic mass is 16.5. The number of likely N-dealkylation sites (tertiary alicyclic amines) is 1. The Labute approximate surface area is 201 Å². The van der Waals surface area contributed by atoms with Crippen LogP contribution in [0, 0.1) is 17.8 Å². The van der Waals surface area contributed by atoms with Crippen molar-refractivity contribution in [3.8, 4) is 23.3 Å². The van der Waals surface area contributed by atoms with Crippen molar-refractivity contribution in [1.82, 2.24) is 9.80 Å². The molecular formula is C29H30N2O3. The number of phenols is 1.